The van der Waals surface area contributed by atoms with Crippen molar-refractivity contribution < 1.29 is 4.52 Å². The molecule has 1 rings (SSSR count). The molecule has 2 N–H and O–H groups in total. The SMILES string of the molecule is CCN(CC)c1noc(CC(N)CC(C)(C)C)n1. The molecule has 0 aromatic carbocycles. The summed E-state index contributed by atoms with van der Waals surface area (Å²) in [5, 5.41) is 3.99. The molecule has 0 aliphatic rings. The summed E-state index contributed by atoms with van der Waals surface area (Å²) in [5.41, 5.74) is 6.32. The Morgan fingerprint density at radius 2 is 1.89 bits per heavy atom. The third kappa shape index (κ3) is 4.64. The fourth-order valence-electron chi connectivity index (χ4n) is 2.05. The van der Waals surface area contributed by atoms with Crippen LogP contribution in [0.2, 0.25) is 0 Å². The number of hydrogen-bond acceptors (Lipinski definition) is 5. The number of anilines is 1. The van der Waals surface area contributed by atoms with E-state index in [0.29, 0.717) is 18.3 Å². The van der Waals surface area contributed by atoms with Crippen LogP contribution in [0.3, 0.4) is 0 Å². The molecule has 0 fully saturated rings. The third-order valence-corrected chi connectivity index (χ3v) is 2.82. The molecule has 0 spiro atoms. The summed E-state index contributed by atoms with van der Waals surface area (Å²) in [6.07, 6.45) is 1.58. The van der Waals surface area contributed by atoms with Gasteiger partial charge in [0.05, 0.1) is 0 Å². The van der Waals surface area contributed by atoms with E-state index >= 15 is 0 Å². The second-order valence-corrected chi connectivity index (χ2v) is 5.89. The minimum Gasteiger partial charge on any atom is -0.339 e. The van der Waals surface area contributed by atoms with Gasteiger partial charge in [0.1, 0.15) is 0 Å². The van der Waals surface area contributed by atoms with E-state index in [2.05, 4.69) is 49.7 Å². The van der Waals surface area contributed by atoms with Crippen LogP contribution >= 0.6 is 0 Å². The first-order chi connectivity index (χ1) is 8.35. The predicted octanol–water partition coefficient (Wildman–Crippen LogP) is 2.22. The highest BCUT2D eigenvalue weighted by Crippen LogP contribution is 2.21. The van der Waals surface area contributed by atoms with Crippen LogP contribution in [0.15, 0.2) is 4.52 Å². The van der Waals surface area contributed by atoms with Crippen molar-refractivity contribution in [3.63, 3.8) is 0 Å². The van der Waals surface area contributed by atoms with Crippen molar-refractivity contribution in [2.45, 2.75) is 53.5 Å². The molecule has 1 atom stereocenters. The highest BCUT2D eigenvalue weighted by atomic mass is 16.5. The summed E-state index contributed by atoms with van der Waals surface area (Å²) in [6, 6.07) is 0.0648. The van der Waals surface area contributed by atoms with Crippen LogP contribution in [0.4, 0.5) is 5.95 Å². The van der Waals surface area contributed by atoms with Gasteiger partial charge in [-0.2, -0.15) is 4.98 Å². The minimum atomic E-state index is 0.0648. The van der Waals surface area contributed by atoms with Gasteiger partial charge in [-0.3, -0.25) is 0 Å². The minimum absolute atomic E-state index is 0.0648. The van der Waals surface area contributed by atoms with E-state index in [1.54, 1.807) is 0 Å². The molecule has 0 saturated heterocycles. The largest absolute Gasteiger partial charge is 0.339 e. The molecule has 1 unspecified atom stereocenters. The molecular weight excluding hydrogens is 228 g/mol. The summed E-state index contributed by atoms with van der Waals surface area (Å²) >= 11 is 0. The van der Waals surface area contributed by atoms with Crippen LogP contribution in [0.1, 0.15) is 46.9 Å². The van der Waals surface area contributed by atoms with E-state index in [1.807, 2.05) is 0 Å². The fourth-order valence-corrected chi connectivity index (χ4v) is 2.05. The van der Waals surface area contributed by atoms with Gasteiger partial charge in [0.25, 0.3) is 5.95 Å². The predicted molar refractivity (Wildman–Crippen MR) is 73.6 cm³/mol. The average molecular weight is 254 g/mol. The third-order valence-electron chi connectivity index (χ3n) is 2.82. The number of nitrogens with two attached hydrogens (primary N) is 1. The number of rotatable bonds is 6. The molecule has 1 aromatic heterocycles. The van der Waals surface area contributed by atoms with Crippen molar-refractivity contribution in [2.24, 2.45) is 11.1 Å². The lowest BCUT2D eigenvalue weighted by atomic mass is 9.87. The molecule has 18 heavy (non-hydrogen) atoms. The molecule has 0 aliphatic heterocycles. The van der Waals surface area contributed by atoms with Crippen molar-refractivity contribution in [3.05, 3.63) is 5.89 Å². The smallest absolute Gasteiger partial charge is 0.266 e. The molecule has 1 aromatic rings. The van der Waals surface area contributed by atoms with Gasteiger partial charge in [-0.15, -0.1) is 0 Å². The van der Waals surface area contributed by atoms with Gasteiger partial charge in [-0.1, -0.05) is 20.8 Å². The molecule has 5 nitrogen and oxygen atoms in total. The van der Waals surface area contributed by atoms with Gasteiger partial charge in [-0.05, 0) is 30.8 Å². The van der Waals surface area contributed by atoms with E-state index in [9.17, 15) is 0 Å². The van der Waals surface area contributed by atoms with Crippen molar-refractivity contribution in [1.82, 2.24) is 10.1 Å². The number of nitrogens with zero attached hydrogens (tertiary/aromatic N) is 3. The topological polar surface area (TPSA) is 68.2 Å². The Morgan fingerprint density at radius 3 is 2.39 bits per heavy atom. The second kappa shape index (κ2) is 6.18. The summed E-state index contributed by atoms with van der Waals surface area (Å²) in [5.74, 6) is 1.30. The normalized spacial score (nSPS) is 13.7. The van der Waals surface area contributed by atoms with Crippen LogP contribution in [-0.4, -0.2) is 29.3 Å². The second-order valence-electron chi connectivity index (χ2n) is 5.89. The highest BCUT2D eigenvalue weighted by molar-refractivity contribution is 5.26. The first-order valence-electron chi connectivity index (χ1n) is 6.68. The molecular formula is C13H26N4O. The molecule has 0 saturated carbocycles. The summed E-state index contributed by atoms with van der Waals surface area (Å²) < 4.78 is 5.25. The summed E-state index contributed by atoms with van der Waals surface area (Å²) in [4.78, 5) is 6.45. The highest BCUT2D eigenvalue weighted by Gasteiger charge is 2.19. The molecule has 0 bridgehead atoms. The van der Waals surface area contributed by atoms with Crippen LogP contribution in [-0.2, 0) is 6.42 Å². The number of aromatic nitrogens is 2. The molecule has 0 aliphatic carbocycles. The first kappa shape index (κ1) is 15.0. The van der Waals surface area contributed by atoms with Gasteiger partial charge in [0, 0.05) is 25.6 Å². The summed E-state index contributed by atoms with van der Waals surface area (Å²) in [6.45, 7) is 12.5. The lowest BCUT2D eigenvalue weighted by Crippen LogP contribution is -2.28. The standard InChI is InChI=1S/C13H26N4O/c1-6-17(7-2)12-15-11(18-16-12)8-10(14)9-13(3,4)5/h10H,6-9,14H2,1-5H3. The quantitative estimate of drug-likeness (QED) is 0.843. The van der Waals surface area contributed by atoms with Gasteiger partial charge in [0.2, 0.25) is 5.89 Å². The van der Waals surface area contributed by atoms with E-state index in [0.717, 1.165) is 19.5 Å². The molecule has 5 heteroatoms. The van der Waals surface area contributed by atoms with E-state index in [4.69, 9.17) is 10.3 Å². The van der Waals surface area contributed by atoms with Crippen LogP contribution in [0.5, 0.6) is 0 Å². The zero-order chi connectivity index (χ0) is 13.8. The van der Waals surface area contributed by atoms with Crippen LogP contribution in [0, 0.1) is 5.41 Å². The Labute approximate surface area is 110 Å². The molecule has 0 radical (unpaired) electrons. The van der Waals surface area contributed by atoms with Crippen molar-refractivity contribution in [1.29, 1.82) is 0 Å². The Kier molecular flexibility index (Phi) is 5.14. The van der Waals surface area contributed by atoms with Crippen molar-refractivity contribution in [2.75, 3.05) is 18.0 Å². The summed E-state index contributed by atoms with van der Waals surface area (Å²) in [7, 11) is 0. The fraction of sp³-hybridized carbons (Fsp3) is 0.846. The zero-order valence-electron chi connectivity index (χ0n) is 12.2. The average Bonchev–Trinajstić information content (AvgIpc) is 2.65. The van der Waals surface area contributed by atoms with Crippen molar-refractivity contribution in [3.8, 4) is 0 Å². The van der Waals surface area contributed by atoms with E-state index in [-0.39, 0.29) is 11.5 Å². The van der Waals surface area contributed by atoms with Crippen LogP contribution in [0.25, 0.3) is 0 Å². The maximum atomic E-state index is 6.10. The zero-order valence-corrected chi connectivity index (χ0v) is 12.2. The van der Waals surface area contributed by atoms with Crippen LogP contribution < -0.4 is 10.6 Å². The molecule has 0 amide bonds. The number of hydrogen-bond donors (Lipinski definition) is 1. The Bertz CT molecular complexity index is 352. The maximum Gasteiger partial charge on any atom is 0.266 e. The lowest BCUT2D eigenvalue weighted by Gasteiger charge is -2.21. The Hall–Kier alpha value is -1.10. The first-order valence-corrected chi connectivity index (χ1v) is 6.68. The van der Waals surface area contributed by atoms with E-state index in [1.165, 1.54) is 0 Å². The van der Waals surface area contributed by atoms with Gasteiger partial charge >= 0.3 is 0 Å². The van der Waals surface area contributed by atoms with Gasteiger partial charge in [0.15, 0.2) is 0 Å². The van der Waals surface area contributed by atoms with E-state index < -0.39 is 0 Å². The Morgan fingerprint density at radius 1 is 1.28 bits per heavy atom. The Balaban J connectivity index is 2.58. The lowest BCUT2D eigenvalue weighted by molar-refractivity contribution is 0.313. The van der Waals surface area contributed by atoms with Crippen molar-refractivity contribution >= 4 is 5.95 Å². The van der Waals surface area contributed by atoms with Gasteiger partial charge < -0.3 is 15.2 Å². The van der Waals surface area contributed by atoms with Gasteiger partial charge in [-0.25, -0.2) is 0 Å². The molecule has 104 valence electrons. The monoisotopic (exact) mass is 254 g/mol. The molecule has 1 heterocycles. The maximum absolute atomic E-state index is 6.10.